The highest BCUT2D eigenvalue weighted by atomic mass is 32.2. The number of pyridine rings is 2. The summed E-state index contributed by atoms with van der Waals surface area (Å²) < 4.78 is 0. The normalized spacial score (nSPS) is 12.3. The van der Waals surface area contributed by atoms with Crippen molar-refractivity contribution in [3.63, 3.8) is 0 Å². The molecule has 1 atom stereocenters. The summed E-state index contributed by atoms with van der Waals surface area (Å²) >= 11 is 1.67. The maximum atomic E-state index is 5.78. The lowest BCUT2D eigenvalue weighted by Crippen LogP contribution is -2.09. The van der Waals surface area contributed by atoms with E-state index in [1.165, 1.54) is 0 Å². The van der Waals surface area contributed by atoms with Crippen LogP contribution in [0.1, 0.15) is 10.8 Å². The van der Waals surface area contributed by atoms with E-state index < -0.39 is 0 Å². The highest BCUT2D eigenvalue weighted by Gasteiger charge is 2.11. The molecule has 16 heavy (non-hydrogen) atoms. The second-order valence-corrected chi connectivity index (χ2v) is 4.52. The Morgan fingerprint density at radius 1 is 1.19 bits per heavy atom. The minimum absolute atomic E-state index is 0.212. The van der Waals surface area contributed by atoms with Gasteiger partial charge in [-0.15, -0.1) is 0 Å². The standard InChI is InChI=1S/C12H13N3S/c13-8-11(10-4-3-6-14-9-10)16-12-5-1-2-7-15-12/h1-7,9,11H,8,13H2. The van der Waals surface area contributed by atoms with E-state index in [0.29, 0.717) is 6.54 Å². The van der Waals surface area contributed by atoms with Crippen LogP contribution in [0.3, 0.4) is 0 Å². The molecule has 0 aliphatic rings. The predicted octanol–water partition coefficient (Wildman–Crippen LogP) is 2.27. The zero-order valence-electron chi connectivity index (χ0n) is 8.78. The molecule has 2 heterocycles. The van der Waals surface area contributed by atoms with Gasteiger partial charge in [-0.05, 0) is 23.8 Å². The molecule has 2 rings (SSSR count). The Labute approximate surface area is 99.1 Å². The van der Waals surface area contributed by atoms with Crippen LogP contribution in [-0.2, 0) is 0 Å². The van der Waals surface area contributed by atoms with E-state index in [1.54, 1.807) is 24.2 Å². The summed E-state index contributed by atoms with van der Waals surface area (Å²) in [7, 11) is 0. The van der Waals surface area contributed by atoms with Crippen LogP contribution in [0.25, 0.3) is 0 Å². The summed E-state index contributed by atoms with van der Waals surface area (Å²) in [6.07, 6.45) is 5.41. The van der Waals surface area contributed by atoms with Gasteiger partial charge in [0.05, 0.1) is 5.03 Å². The lowest BCUT2D eigenvalue weighted by Gasteiger charge is -2.13. The first-order chi connectivity index (χ1) is 7.90. The lowest BCUT2D eigenvalue weighted by atomic mass is 10.2. The Balaban J connectivity index is 2.13. The molecule has 0 amide bonds. The second-order valence-electron chi connectivity index (χ2n) is 3.30. The van der Waals surface area contributed by atoms with Crippen LogP contribution in [0.4, 0.5) is 0 Å². The van der Waals surface area contributed by atoms with Crippen molar-refractivity contribution < 1.29 is 0 Å². The van der Waals surface area contributed by atoms with Crippen molar-refractivity contribution in [2.75, 3.05) is 6.54 Å². The third-order valence-corrected chi connectivity index (χ3v) is 3.40. The van der Waals surface area contributed by atoms with Gasteiger partial charge < -0.3 is 5.73 Å². The van der Waals surface area contributed by atoms with Gasteiger partial charge in [-0.2, -0.15) is 0 Å². The van der Waals surface area contributed by atoms with Gasteiger partial charge in [-0.1, -0.05) is 23.9 Å². The largest absolute Gasteiger partial charge is 0.329 e. The van der Waals surface area contributed by atoms with Gasteiger partial charge >= 0.3 is 0 Å². The van der Waals surface area contributed by atoms with Crippen molar-refractivity contribution in [3.05, 3.63) is 54.5 Å². The monoisotopic (exact) mass is 231 g/mol. The number of nitrogens with two attached hydrogens (primary N) is 1. The number of thioether (sulfide) groups is 1. The quantitative estimate of drug-likeness (QED) is 0.820. The predicted molar refractivity (Wildman–Crippen MR) is 66.1 cm³/mol. The highest BCUT2D eigenvalue weighted by molar-refractivity contribution is 7.99. The minimum Gasteiger partial charge on any atom is -0.329 e. The SMILES string of the molecule is NCC(Sc1ccccn1)c1cccnc1. The van der Waals surface area contributed by atoms with Crippen molar-refractivity contribution in [2.45, 2.75) is 10.3 Å². The van der Waals surface area contributed by atoms with Gasteiger partial charge in [0.1, 0.15) is 0 Å². The van der Waals surface area contributed by atoms with Crippen LogP contribution in [0.5, 0.6) is 0 Å². The van der Waals surface area contributed by atoms with Crippen LogP contribution >= 0.6 is 11.8 Å². The molecule has 4 heteroatoms. The van der Waals surface area contributed by atoms with E-state index in [9.17, 15) is 0 Å². The molecule has 0 spiro atoms. The van der Waals surface area contributed by atoms with Crippen molar-refractivity contribution in [1.29, 1.82) is 0 Å². The third-order valence-electron chi connectivity index (χ3n) is 2.17. The van der Waals surface area contributed by atoms with Crippen LogP contribution < -0.4 is 5.73 Å². The summed E-state index contributed by atoms with van der Waals surface area (Å²) in [5, 5.41) is 1.20. The molecule has 0 saturated heterocycles. The number of rotatable bonds is 4. The second kappa shape index (κ2) is 5.63. The first-order valence-electron chi connectivity index (χ1n) is 5.08. The van der Waals surface area contributed by atoms with Crippen molar-refractivity contribution in [1.82, 2.24) is 9.97 Å². The summed E-state index contributed by atoms with van der Waals surface area (Å²) in [5.41, 5.74) is 6.92. The summed E-state index contributed by atoms with van der Waals surface area (Å²) in [4.78, 5) is 8.38. The molecule has 2 N–H and O–H groups in total. The molecule has 1 unspecified atom stereocenters. The zero-order valence-corrected chi connectivity index (χ0v) is 9.60. The van der Waals surface area contributed by atoms with Crippen molar-refractivity contribution in [2.24, 2.45) is 5.73 Å². The fourth-order valence-electron chi connectivity index (χ4n) is 1.38. The van der Waals surface area contributed by atoms with E-state index in [0.717, 1.165) is 10.6 Å². The van der Waals surface area contributed by atoms with Gasteiger partial charge in [0.25, 0.3) is 0 Å². The Morgan fingerprint density at radius 3 is 2.75 bits per heavy atom. The molecule has 0 radical (unpaired) electrons. The Hall–Kier alpha value is -1.39. The van der Waals surface area contributed by atoms with Gasteiger partial charge in [-0.25, -0.2) is 4.98 Å². The first-order valence-corrected chi connectivity index (χ1v) is 5.96. The highest BCUT2D eigenvalue weighted by Crippen LogP contribution is 2.32. The smallest absolute Gasteiger partial charge is 0.0966 e. The van der Waals surface area contributed by atoms with E-state index in [4.69, 9.17) is 5.73 Å². The van der Waals surface area contributed by atoms with Gasteiger partial charge in [0.2, 0.25) is 0 Å². The average Bonchev–Trinajstić information content (AvgIpc) is 2.38. The van der Waals surface area contributed by atoms with E-state index >= 15 is 0 Å². The van der Waals surface area contributed by atoms with Gasteiger partial charge in [-0.3, -0.25) is 4.98 Å². The molecule has 0 aliphatic heterocycles. The molecule has 0 aromatic carbocycles. The topological polar surface area (TPSA) is 51.8 Å². The van der Waals surface area contributed by atoms with Crippen molar-refractivity contribution >= 4 is 11.8 Å². The van der Waals surface area contributed by atoms with Crippen LogP contribution in [-0.4, -0.2) is 16.5 Å². The third kappa shape index (κ3) is 2.81. The maximum absolute atomic E-state index is 5.78. The molecule has 0 aliphatic carbocycles. The fourth-order valence-corrected chi connectivity index (χ4v) is 2.32. The summed E-state index contributed by atoms with van der Waals surface area (Å²) in [6, 6.07) is 9.85. The Bertz CT molecular complexity index is 419. The van der Waals surface area contributed by atoms with Crippen molar-refractivity contribution in [3.8, 4) is 0 Å². The van der Waals surface area contributed by atoms with Gasteiger partial charge in [0, 0.05) is 30.4 Å². The molecule has 0 bridgehead atoms. The summed E-state index contributed by atoms with van der Waals surface area (Å²) in [6.45, 7) is 0.576. The average molecular weight is 231 g/mol. The number of hydrogen-bond acceptors (Lipinski definition) is 4. The fraction of sp³-hybridized carbons (Fsp3) is 0.167. The molecule has 2 aromatic rings. The number of hydrogen-bond donors (Lipinski definition) is 1. The molecule has 3 nitrogen and oxygen atoms in total. The maximum Gasteiger partial charge on any atom is 0.0966 e. The lowest BCUT2D eigenvalue weighted by molar-refractivity contribution is 0.926. The molecule has 2 aromatic heterocycles. The van der Waals surface area contributed by atoms with Crippen LogP contribution in [0.15, 0.2) is 53.9 Å². The Kier molecular flexibility index (Phi) is 3.91. The van der Waals surface area contributed by atoms with E-state index in [-0.39, 0.29) is 5.25 Å². The molecular formula is C12H13N3S. The van der Waals surface area contributed by atoms with E-state index in [1.807, 2.05) is 36.5 Å². The Morgan fingerprint density at radius 2 is 2.12 bits per heavy atom. The first kappa shape index (κ1) is 11.1. The molecular weight excluding hydrogens is 218 g/mol. The van der Waals surface area contributed by atoms with E-state index in [2.05, 4.69) is 9.97 Å². The molecule has 82 valence electrons. The van der Waals surface area contributed by atoms with Gasteiger partial charge in [0.15, 0.2) is 0 Å². The minimum atomic E-state index is 0.212. The van der Waals surface area contributed by atoms with Crippen LogP contribution in [0, 0.1) is 0 Å². The number of nitrogens with zero attached hydrogens (tertiary/aromatic N) is 2. The zero-order chi connectivity index (χ0) is 11.2. The summed E-state index contributed by atoms with van der Waals surface area (Å²) in [5.74, 6) is 0. The molecule has 0 saturated carbocycles. The molecule has 0 fully saturated rings. The number of aromatic nitrogens is 2. The van der Waals surface area contributed by atoms with Crippen LogP contribution in [0.2, 0.25) is 0 Å².